The normalized spacial score (nSPS) is 28.9. The number of halogens is 1. The molecule has 1 amide bonds. The Kier molecular flexibility index (Phi) is 2.78. The molecule has 90 valence electrons. The van der Waals surface area contributed by atoms with Gasteiger partial charge in [0.15, 0.2) is 10.4 Å². The van der Waals surface area contributed by atoms with Crippen molar-refractivity contribution in [3.05, 3.63) is 22.6 Å². The number of furan rings is 1. The number of hydrazone groups is 1. The maximum Gasteiger partial charge on any atom is 0.307 e. The lowest BCUT2D eigenvalue weighted by molar-refractivity contribution is 0.0925. The molecule has 2 aliphatic carbocycles. The van der Waals surface area contributed by atoms with Crippen LogP contribution >= 0.6 is 15.9 Å². The summed E-state index contributed by atoms with van der Waals surface area (Å²) in [5, 5.41) is 4.23. The fourth-order valence-electron chi connectivity index (χ4n) is 2.78. The molecule has 0 aromatic carbocycles. The minimum absolute atomic E-state index is 0.282. The number of nitrogens with zero attached hydrogens (tertiary/aromatic N) is 1. The third kappa shape index (κ3) is 2.16. The number of carbonyl (C=O) groups is 1. The van der Waals surface area contributed by atoms with E-state index in [1.54, 1.807) is 12.1 Å². The number of carbonyl (C=O) groups excluding carboxylic acids is 1. The monoisotopic (exact) mass is 296 g/mol. The molecule has 1 aromatic heterocycles. The minimum atomic E-state index is -0.286. The highest BCUT2D eigenvalue weighted by atomic mass is 79.9. The van der Waals surface area contributed by atoms with E-state index in [0.29, 0.717) is 10.6 Å². The molecule has 1 N–H and O–H groups in total. The quantitative estimate of drug-likeness (QED) is 0.853. The topological polar surface area (TPSA) is 54.6 Å². The summed E-state index contributed by atoms with van der Waals surface area (Å²) in [6, 6.07) is 3.32. The molecule has 3 rings (SSSR count). The second kappa shape index (κ2) is 4.29. The molecule has 2 saturated carbocycles. The van der Waals surface area contributed by atoms with Crippen molar-refractivity contribution >= 4 is 27.5 Å². The Labute approximate surface area is 108 Å². The van der Waals surface area contributed by atoms with Gasteiger partial charge in [-0.05, 0) is 65.6 Å². The van der Waals surface area contributed by atoms with E-state index in [0.717, 1.165) is 18.1 Å². The van der Waals surface area contributed by atoms with E-state index in [9.17, 15) is 4.79 Å². The van der Waals surface area contributed by atoms with Crippen molar-refractivity contribution in [3.63, 3.8) is 0 Å². The SMILES string of the molecule is O=C(N/N=C1/C[C@@H]2CC[C@H]1C2)c1ccc(Br)o1. The van der Waals surface area contributed by atoms with Gasteiger partial charge in [-0.25, -0.2) is 5.43 Å². The van der Waals surface area contributed by atoms with Gasteiger partial charge in [-0.15, -0.1) is 0 Å². The van der Waals surface area contributed by atoms with E-state index in [-0.39, 0.29) is 11.7 Å². The molecule has 0 radical (unpaired) electrons. The van der Waals surface area contributed by atoms with Gasteiger partial charge in [0.25, 0.3) is 0 Å². The molecule has 5 heteroatoms. The highest BCUT2D eigenvalue weighted by molar-refractivity contribution is 9.10. The second-order valence-electron chi connectivity index (χ2n) is 4.73. The number of fused-ring (bicyclic) bond motifs is 2. The molecule has 17 heavy (non-hydrogen) atoms. The Hall–Kier alpha value is -1.10. The second-order valence-corrected chi connectivity index (χ2v) is 5.51. The summed E-state index contributed by atoms with van der Waals surface area (Å²) in [7, 11) is 0. The Morgan fingerprint density at radius 3 is 2.94 bits per heavy atom. The van der Waals surface area contributed by atoms with Gasteiger partial charge in [0, 0.05) is 5.71 Å². The van der Waals surface area contributed by atoms with Crippen LogP contribution in [-0.2, 0) is 0 Å². The summed E-state index contributed by atoms with van der Waals surface area (Å²) < 4.78 is 5.71. The number of hydrogen-bond donors (Lipinski definition) is 1. The Morgan fingerprint density at radius 2 is 2.35 bits per heavy atom. The van der Waals surface area contributed by atoms with Crippen LogP contribution in [0.15, 0.2) is 26.3 Å². The first kappa shape index (κ1) is 11.0. The smallest absolute Gasteiger partial charge is 0.307 e. The molecule has 0 unspecified atom stereocenters. The Balaban J connectivity index is 1.64. The maximum absolute atomic E-state index is 11.7. The van der Waals surface area contributed by atoms with Crippen molar-refractivity contribution in [1.29, 1.82) is 0 Å². The predicted octanol–water partition coefficient (Wildman–Crippen LogP) is 2.95. The van der Waals surface area contributed by atoms with Crippen molar-refractivity contribution in [1.82, 2.24) is 5.43 Å². The van der Waals surface area contributed by atoms with Crippen LogP contribution in [0.5, 0.6) is 0 Å². The van der Waals surface area contributed by atoms with E-state index in [1.165, 1.54) is 19.3 Å². The molecule has 1 aromatic rings. The number of rotatable bonds is 2. The molecule has 1 heterocycles. The summed E-state index contributed by atoms with van der Waals surface area (Å²) in [5.74, 6) is 1.40. The third-order valence-corrected chi connectivity index (χ3v) is 4.03. The average Bonchev–Trinajstić information content (AvgIpc) is 3.01. The van der Waals surface area contributed by atoms with E-state index in [4.69, 9.17) is 4.42 Å². The van der Waals surface area contributed by atoms with E-state index in [2.05, 4.69) is 26.5 Å². The van der Waals surface area contributed by atoms with Crippen molar-refractivity contribution in [3.8, 4) is 0 Å². The Morgan fingerprint density at radius 1 is 1.47 bits per heavy atom. The minimum Gasteiger partial charge on any atom is -0.444 e. The zero-order valence-electron chi connectivity index (χ0n) is 9.28. The summed E-state index contributed by atoms with van der Waals surface area (Å²) in [6.07, 6.45) is 4.85. The maximum atomic E-state index is 11.7. The fourth-order valence-corrected chi connectivity index (χ4v) is 3.08. The van der Waals surface area contributed by atoms with Gasteiger partial charge >= 0.3 is 5.91 Å². The molecule has 4 nitrogen and oxygen atoms in total. The molecular weight excluding hydrogens is 284 g/mol. The standard InChI is InChI=1S/C12H13BrN2O2/c13-11-4-3-10(17-11)12(16)15-14-9-6-7-1-2-8(9)5-7/h3-4,7-8H,1-2,5-6H2,(H,15,16)/b14-9-/t7-,8+/m1/s1. The summed E-state index contributed by atoms with van der Waals surface area (Å²) in [4.78, 5) is 11.7. The zero-order valence-corrected chi connectivity index (χ0v) is 10.9. The van der Waals surface area contributed by atoms with Crippen molar-refractivity contribution in [2.75, 3.05) is 0 Å². The molecule has 0 saturated heterocycles. The van der Waals surface area contributed by atoms with Gasteiger partial charge in [0.2, 0.25) is 0 Å². The first-order valence-corrected chi connectivity index (χ1v) is 6.64. The number of nitrogens with one attached hydrogen (secondary N) is 1. The Bertz CT molecular complexity index is 481. The van der Waals surface area contributed by atoms with Gasteiger partial charge < -0.3 is 4.42 Å². The zero-order chi connectivity index (χ0) is 11.8. The highest BCUT2D eigenvalue weighted by Gasteiger charge is 2.36. The van der Waals surface area contributed by atoms with Crippen LogP contribution in [-0.4, -0.2) is 11.6 Å². The first-order chi connectivity index (χ1) is 8.22. The molecule has 2 fully saturated rings. The molecule has 2 aliphatic rings. The van der Waals surface area contributed by atoms with Crippen LogP contribution in [0.2, 0.25) is 0 Å². The average molecular weight is 297 g/mol. The lowest BCUT2D eigenvalue weighted by atomic mass is 9.99. The lowest BCUT2D eigenvalue weighted by Gasteiger charge is -2.11. The van der Waals surface area contributed by atoms with Crippen LogP contribution in [0.3, 0.4) is 0 Å². The molecule has 0 spiro atoms. The molecule has 2 bridgehead atoms. The fraction of sp³-hybridized carbons (Fsp3) is 0.500. The van der Waals surface area contributed by atoms with Crippen LogP contribution in [0, 0.1) is 11.8 Å². The van der Waals surface area contributed by atoms with E-state index < -0.39 is 0 Å². The predicted molar refractivity (Wildman–Crippen MR) is 66.8 cm³/mol. The highest BCUT2D eigenvalue weighted by Crippen LogP contribution is 2.42. The lowest BCUT2D eigenvalue weighted by Crippen LogP contribution is -2.21. The van der Waals surface area contributed by atoms with E-state index >= 15 is 0 Å². The van der Waals surface area contributed by atoms with Gasteiger partial charge in [-0.2, -0.15) is 5.10 Å². The largest absolute Gasteiger partial charge is 0.444 e. The summed E-state index contributed by atoms with van der Waals surface area (Å²) in [6.45, 7) is 0. The van der Waals surface area contributed by atoms with Crippen LogP contribution in [0.1, 0.15) is 36.2 Å². The van der Waals surface area contributed by atoms with E-state index in [1.807, 2.05) is 0 Å². The first-order valence-electron chi connectivity index (χ1n) is 5.84. The van der Waals surface area contributed by atoms with Gasteiger partial charge in [0.05, 0.1) is 0 Å². The number of amides is 1. The molecule has 0 aliphatic heterocycles. The van der Waals surface area contributed by atoms with Gasteiger partial charge in [-0.3, -0.25) is 4.79 Å². The third-order valence-electron chi connectivity index (χ3n) is 3.61. The van der Waals surface area contributed by atoms with Gasteiger partial charge in [-0.1, -0.05) is 0 Å². The van der Waals surface area contributed by atoms with Crippen LogP contribution in [0.25, 0.3) is 0 Å². The van der Waals surface area contributed by atoms with Crippen molar-refractivity contribution < 1.29 is 9.21 Å². The van der Waals surface area contributed by atoms with Gasteiger partial charge in [0.1, 0.15) is 0 Å². The van der Waals surface area contributed by atoms with Crippen LogP contribution < -0.4 is 5.43 Å². The molecule has 2 atom stereocenters. The van der Waals surface area contributed by atoms with Crippen molar-refractivity contribution in [2.24, 2.45) is 16.9 Å². The van der Waals surface area contributed by atoms with Crippen molar-refractivity contribution in [2.45, 2.75) is 25.7 Å². The summed E-state index contributed by atoms with van der Waals surface area (Å²) in [5.41, 5.74) is 3.73. The number of hydrogen-bond acceptors (Lipinski definition) is 3. The summed E-state index contributed by atoms with van der Waals surface area (Å²) >= 11 is 3.16. The van der Waals surface area contributed by atoms with Crippen LogP contribution in [0.4, 0.5) is 0 Å². The molecular formula is C12H13BrN2O2.